The Morgan fingerprint density at radius 3 is 2.25 bits per heavy atom. The first-order chi connectivity index (χ1) is 9.27. The number of hydrogen-bond donors (Lipinski definition) is 4. The van der Waals surface area contributed by atoms with Gasteiger partial charge in [0.25, 0.3) is 0 Å². The number of rotatable bonds is 1. The molecule has 0 saturated heterocycles. The second kappa shape index (κ2) is 4.40. The molecule has 3 rings (SSSR count). The maximum atomic E-state index is 11.4. The van der Waals surface area contributed by atoms with Crippen LogP contribution in [-0.2, 0) is 0 Å². The highest BCUT2D eigenvalue weighted by molar-refractivity contribution is 5.27. The first kappa shape index (κ1) is 14.7. The molecule has 3 fully saturated rings. The van der Waals surface area contributed by atoms with Gasteiger partial charge in [0.15, 0.2) is 0 Å². The standard InChI is InChI=1S/C15H27NO4/c1-16(2)14-6-4-3-5-10(14)7-13(19)8-11(17)12(18)9-15(13,14)20/h10-12,17-20H,3-9H2,1-2H3. The van der Waals surface area contributed by atoms with Crippen molar-refractivity contribution in [3.8, 4) is 0 Å². The zero-order valence-electron chi connectivity index (χ0n) is 12.4. The van der Waals surface area contributed by atoms with Crippen LogP contribution in [0.15, 0.2) is 0 Å². The van der Waals surface area contributed by atoms with Crippen LogP contribution in [0.3, 0.4) is 0 Å². The molecule has 6 unspecified atom stereocenters. The number of hydrogen-bond acceptors (Lipinski definition) is 5. The van der Waals surface area contributed by atoms with Crippen LogP contribution in [-0.4, -0.2) is 68.4 Å². The van der Waals surface area contributed by atoms with E-state index in [2.05, 4.69) is 4.90 Å². The summed E-state index contributed by atoms with van der Waals surface area (Å²) in [5.74, 6) is 0.221. The van der Waals surface area contributed by atoms with Gasteiger partial charge in [-0.2, -0.15) is 0 Å². The number of likely N-dealkylation sites (N-methyl/N-ethyl adjacent to an activating group) is 1. The summed E-state index contributed by atoms with van der Waals surface area (Å²) in [5, 5.41) is 42.4. The Labute approximate surface area is 120 Å². The average Bonchev–Trinajstić information content (AvgIpc) is 2.56. The highest BCUT2D eigenvalue weighted by Gasteiger charge is 2.74. The molecule has 3 aliphatic rings. The predicted octanol–water partition coefficient (Wildman–Crippen LogP) is -0.142. The zero-order chi connectivity index (χ0) is 14.8. The largest absolute Gasteiger partial charge is 0.390 e. The van der Waals surface area contributed by atoms with E-state index in [0.717, 1.165) is 25.7 Å². The van der Waals surface area contributed by atoms with Crippen LogP contribution in [0, 0.1) is 5.92 Å². The van der Waals surface area contributed by atoms with Crippen molar-refractivity contribution in [3.63, 3.8) is 0 Å². The first-order valence-electron chi connectivity index (χ1n) is 7.75. The lowest BCUT2D eigenvalue weighted by atomic mass is 9.61. The zero-order valence-corrected chi connectivity index (χ0v) is 12.4. The van der Waals surface area contributed by atoms with E-state index in [1.54, 1.807) is 0 Å². The average molecular weight is 285 g/mol. The van der Waals surface area contributed by atoms with Crippen LogP contribution in [0.25, 0.3) is 0 Å². The van der Waals surface area contributed by atoms with E-state index in [1.165, 1.54) is 0 Å². The topological polar surface area (TPSA) is 84.2 Å². The van der Waals surface area contributed by atoms with E-state index in [4.69, 9.17) is 0 Å². The van der Waals surface area contributed by atoms with Gasteiger partial charge in [-0.05, 0) is 39.3 Å². The first-order valence-corrected chi connectivity index (χ1v) is 7.75. The minimum atomic E-state index is -1.34. The molecule has 0 radical (unpaired) electrons. The molecule has 6 atom stereocenters. The van der Waals surface area contributed by atoms with Gasteiger partial charge in [0, 0.05) is 12.8 Å². The predicted molar refractivity (Wildman–Crippen MR) is 74.1 cm³/mol. The molecule has 0 amide bonds. The van der Waals surface area contributed by atoms with Crippen molar-refractivity contribution in [1.29, 1.82) is 0 Å². The third-order valence-electron chi connectivity index (χ3n) is 6.40. The lowest BCUT2D eigenvalue weighted by molar-refractivity contribution is -0.244. The number of aliphatic hydroxyl groups excluding tert-OH is 2. The SMILES string of the molecule is CN(C)C12CCCCC1CC1(O)CC(O)C(O)CC12O. The number of fused-ring (bicyclic) bond motifs is 3. The lowest BCUT2D eigenvalue weighted by Gasteiger charge is -2.57. The molecule has 4 N–H and O–H groups in total. The molecular formula is C15H27NO4. The molecule has 0 aromatic carbocycles. The quantitative estimate of drug-likeness (QED) is 0.539. The highest BCUT2D eigenvalue weighted by Crippen LogP contribution is 2.62. The molecule has 20 heavy (non-hydrogen) atoms. The van der Waals surface area contributed by atoms with Crippen LogP contribution < -0.4 is 0 Å². The van der Waals surface area contributed by atoms with E-state index in [0.29, 0.717) is 6.42 Å². The molecule has 0 heterocycles. The Hall–Kier alpha value is -0.200. The Kier molecular flexibility index (Phi) is 3.24. The fourth-order valence-electron chi connectivity index (χ4n) is 5.52. The van der Waals surface area contributed by atoms with Gasteiger partial charge in [0.1, 0.15) is 5.60 Å². The fraction of sp³-hybridized carbons (Fsp3) is 1.00. The Bertz CT molecular complexity index is 403. The molecule has 3 saturated carbocycles. The number of nitrogens with zero attached hydrogens (tertiary/aromatic N) is 1. The molecule has 116 valence electrons. The van der Waals surface area contributed by atoms with Crippen LogP contribution in [0.4, 0.5) is 0 Å². The minimum Gasteiger partial charge on any atom is -0.390 e. The van der Waals surface area contributed by atoms with Crippen molar-refractivity contribution in [2.24, 2.45) is 5.92 Å². The summed E-state index contributed by atoms with van der Waals surface area (Å²) < 4.78 is 0. The summed E-state index contributed by atoms with van der Waals surface area (Å²) in [7, 11) is 3.92. The molecular weight excluding hydrogens is 258 g/mol. The molecule has 0 bridgehead atoms. The maximum absolute atomic E-state index is 11.4. The molecule has 5 nitrogen and oxygen atoms in total. The van der Waals surface area contributed by atoms with Gasteiger partial charge in [-0.15, -0.1) is 0 Å². The summed E-state index contributed by atoms with van der Waals surface area (Å²) in [6.45, 7) is 0. The maximum Gasteiger partial charge on any atom is 0.114 e. The Balaban J connectivity index is 2.09. The summed E-state index contributed by atoms with van der Waals surface area (Å²) in [6.07, 6.45) is 2.73. The van der Waals surface area contributed by atoms with Crippen molar-refractivity contribution >= 4 is 0 Å². The Morgan fingerprint density at radius 1 is 0.950 bits per heavy atom. The van der Waals surface area contributed by atoms with E-state index >= 15 is 0 Å². The van der Waals surface area contributed by atoms with Gasteiger partial charge in [0.05, 0.1) is 23.3 Å². The third-order valence-corrected chi connectivity index (χ3v) is 6.40. The fourth-order valence-corrected chi connectivity index (χ4v) is 5.52. The summed E-state index contributed by atoms with van der Waals surface area (Å²) >= 11 is 0. The van der Waals surface area contributed by atoms with Gasteiger partial charge in [-0.1, -0.05) is 12.8 Å². The van der Waals surface area contributed by atoms with Crippen LogP contribution in [0.2, 0.25) is 0 Å². The van der Waals surface area contributed by atoms with Gasteiger partial charge < -0.3 is 25.3 Å². The van der Waals surface area contributed by atoms with Crippen molar-refractivity contribution in [2.45, 2.75) is 73.9 Å². The normalized spacial score (nSPS) is 55.6. The van der Waals surface area contributed by atoms with E-state index in [-0.39, 0.29) is 18.8 Å². The van der Waals surface area contributed by atoms with Crippen LogP contribution in [0.5, 0.6) is 0 Å². The van der Waals surface area contributed by atoms with Crippen molar-refractivity contribution < 1.29 is 20.4 Å². The van der Waals surface area contributed by atoms with Gasteiger partial charge >= 0.3 is 0 Å². The molecule has 3 aliphatic carbocycles. The van der Waals surface area contributed by atoms with E-state index in [1.807, 2.05) is 14.1 Å². The van der Waals surface area contributed by atoms with E-state index in [9.17, 15) is 20.4 Å². The lowest BCUT2D eigenvalue weighted by Crippen LogP contribution is -2.72. The molecule has 5 heteroatoms. The van der Waals surface area contributed by atoms with Gasteiger partial charge in [-0.3, -0.25) is 0 Å². The second-order valence-electron chi connectivity index (χ2n) is 7.40. The molecule has 0 aromatic rings. The number of aliphatic hydroxyl groups is 4. The third kappa shape index (κ3) is 1.56. The minimum absolute atomic E-state index is 0.0549. The van der Waals surface area contributed by atoms with Gasteiger partial charge in [0.2, 0.25) is 0 Å². The molecule has 0 spiro atoms. The van der Waals surface area contributed by atoms with Gasteiger partial charge in [-0.25, -0.2) is 0 Å². The monoisotopic (exact) mass is 285 g/mol. The summed E-state index contributed by atoms with van der Waals surface area (Å²) in [4.78, 5) is 2.05. The second-order valence-corrected chi connectivity index (χ2v) is 7.40. The smallest absolute Gasteiger partial charge is 0.114 e. The highest BCUT2D eigenvalue weighted by atomic mass is 16.4. The van der Waals surface area contributed by atoms with Crippen LogP contribution >= 0.6 is 0 Å². The summed E-state index contributed by atoms with van der Waals surface area (Å²) in [6, 6.07) is 0. The Morgan fingerprint density at radius 2 is 1.60 bits per heavy atom. The van der Waals surface area contributed by atoms with Crippen molar-refractivity contribution in [1.82, 2.24) is 4.90 Å². The molecule has 0 aliphatic heterocycles. The van der Waals surface area contributed by atoms with Crippen LogP contribution in [0.1, 0.15) is 44.9 Å². The van der Waals surface area contributed by atoms with E-state index < -0.39 is 28.9 Å². The van der Waals surface area contributed by atoms with Crippen molar-refractivity contribution in [2.75, 3.05) is 14.1 Å². The van der Waals surface area contributed by atoms with Crippen molar-refractivity contribution in [3.05, 3.63) is 0 Å². The summed E-state index contributed by atoms with van der Waals surface area (Å²) in [5.41, 5.74) is -3.11. The molecule has 0 aromatic heterocycles.